The average molecular weight is 314 g/mol. The second kappa shape index (κ2) is 5.79. The van der Waals surface area contributed by atoms with Crippen LogP contribution in [0, 0.1) is 0 Å². The molecule has 9 heteroatoms. The van der Waals surface area contributed by atoms with Gasteiger partial charge < -0.3 is 5.11 Å². The van der Waals surface area contributed by atoms with E-state index in [1.807, 2.05) is 6.26 Å². The smallest absolute Gasteiger partial charge is 0.259 e. The number of nitrogens with one attached hydrogen (secondary N) is 1. The van der Waals surface area contributed by atoms with Gasteiger partial charge in [-0.2, -0.15) is 16.9 Å². The lowest BCUT2D eigenvalue weighted by Gasteiger charge is -2.22. The Hall–Kier alpha value is -0.280. The van der Waals surface area contributed by atoms with Crippen LogP contribution in [0.1, 0.15) is 6.92 Å². The molecule has 1 rings (SSSR count). The lowest BCUT2D eigenvalue weighted by Crippen LogP contribution is -2.42. The van der Waals surface area contributed by atoms with E-state index in [1.54, 1.807) is 6.92 Å². The second-order valence-electron chi connectivity index (χ2n) is 4.18. The van der Waals surface area contributed by atoms with E-state index in [0.717, 1.165) is 0 Å². The minimum Gasteiger partial charge on any atom is -0.388 e. The third-order valence-corrected chi connectivity index (χ3v) is 5.01. The molecular weight excluding hydrogens is 298 g/mol. The van der Waals surface area contributed by atoms with Crippen molar-refractivity contribution in [2.75, 3.05) is 18.6 Å². The molecule has 1 atom stereocenters. The molecule has 1 heterocycles. The first kappa shape index (κ1) is 15.8. The summed E-state index contributed by atoms with van der Waals surface area (Å²) in [5.74, 6) is 0.425. The number of rotatable bonds is 6. The maximum Gasteiger partial charge on any atom is 0.259 e. The molecular formula is C9H16ClN3O3S2. The standard InChI is InChI=1S/C9H16ClN3O3S2/c1-9(14,6-17-3)5-12-18(15,16)8-7(10)4-11-13(8)2/h4,12,14H,5-6H2,1-3H3. The van der Waals surface area contributed by atoms with Crippen LogP contribution in [0.15, 0.2) is 11.2 Å². The number of thioether (sulfide) groups is 1. The van der Waals surface area contributed by atoms with Crippen molar-refractivity contribution in [3.05, 3.63) is 11.2 Å². The van der Waals surface area contributed by atoms with Crippen LogP contribution in [0.5, 0.6) is 0 Å². The fraction of sp³-hybridized carbons (Fsp3) is 0.667. The van der Waals surface area contributed by atoms with Gasteiger partial charge in [0.2, 0.25) is 0 Å². The lowest BCUT2D eigenvalue weighted by molar-refractivity contribution is 0.0908. The number of aryl methyl sites for hydroxylation is 1. The van der Waals surface area contributed by atoms with Gasteiger partial charge in [-0.15, -0.1) is 0 Å². The molecule has 0 aliphatic heterocycles. The molecule has 18 heavy (non-hydrogen) atoms. The first-order valence-corrected chi connectivity index (χ1v) is 8.33. The minimum atomic E-state index is -3.78. The molecule has 2 N–H and O–H groups in total. The molecule has 1 unspecified atom stereocenters. The van der Waals surface area contributed by atoms with Gasteiger partial charge in [0.05, 0.1) is 16.8 Å². The van der Waals surface area contributed by atoms with Gasteiger partial charge in [0.15, 0.2) is 5.03 Å². The van der Waals surface area contributed by atoms with E-state index >= 15 is 0 Å². The number of halogens is 1. The Bertz CT molecular complexity index is 494. The van der Waals surface area contributed by atoms with Crippen molar-refractivity contribution >= 4 is 33.4 Å². The average Bonchev–Trinajstić information content (AvgIpc) is 2.56. The number of aromatic nitrogens is 2. The van der Waals surface area contributed by atoms with Crippen molar-refractivity contribution in [1.29, 1.82) is 0 Å². The Balaban J connectivity index is 2.84. The summed E-state index contributed by atoms with van der Waals surface area (Å²) >= 11 is 7.21. The van der Waals surface area contributed by atoms with Crippen LogP contribution in [0.25, 0.3) is 0 Å². The largest absolute Gasteiger partial charge is 0.388 e. The highest BCUT2D eigenvalue weighted by molar-refractivity contribution is 7.98. The number of nitrogens with zero attached hydrogens (tertiary/aromatic N) is 2. The van der Waals surface area contributed by atoms with Crippen LogP contribution < -0.4 is 4.72 Å². The normalized spacial score (nSPS) is 15.6. The molecule has 0 radical (unpaired) electrons. The van der Waals surface area contributed by atoms with Crippen LogP contribution in [0.2, 0.25) is 5.02 Å². The molecule has 0 saturated carbocycles. The molecule has 1 aromatic rings. The predicted molar refractivity (Wildman–Crippen MR) is 72.4 cm³/mol. The van der Waals surface area contributed by atoms with Crippen LogP contribution in [0.3, 0.4) is 0 Å². The van der Waals surface area contributed by atoms with Crippen molar-refractivity contribution in [1.82, 2.24) is 14.5 Å². The Kier molecular flexibility index (Phi) is 5.07. The summed E-state index contributed by atoms with van der Waals surface area (Å²) in [6, 6.07) is 0. The second-order valence-corrected chi connectivity index (χ2v) is 7.13. The van der Waals surface area contributed by atoms with Crippen molar-refractivity contribution in [3.8, 4) is 0 Å². The van der Waals surface area contributed by atoms with E-state index in [4.69, 9.17) is 11.6 Å². The highest BCUT2D eigenvalue weighted by Crippen LogP contribution is 2.20. The van der Waals surface area contributed by atoms with Crippen LogP contribution in [0.4, 0.5) is 0 Å². The van der Waals surface area contributed by atoms with Gasteiger partial charge in [0.1, 0.15) is 0 Å². The van der Waals surface area contributed by atoms with Gasteiger partial charge in [-0.05, 0) is 13.2 Å². The SMILES string of the molecule is CSCC(C)(O)CNS(=O)(=O)c1c(Cl)cnn1C. The van der Waals surface area contributed by atoms with E-state index in [0.29, 0.717) is 5.75 Å². The summed E-state index contributed by atoms with van der Waals surface area (Å²) in [6.07, 6.45) is 3.09. The maximum atomic E-state index is 12.0. The summed E-state index contributed by atoms with van der Waals surface area (Å²) in [6.45, 7) is 1.48. The van der Waals surface area contributed by atoms with Gasteiger partial charge in [0.25, 0.3) is 10.0 Å². The highest BCUT2D eigenvalue weighted by Gasteiger charge is 2.27. The summed E-state index contributed by atoms with van der Waals surface area (Å²) in [7, 11) is -2.29. The quantitative estimate of drug-likeness (QED) is 0.797. The molecule has 104 valence electrons. The number of sulfonamides is 1. The Morgan fingerprint density at radius 3 is 2.72 bits per heavy atom. The predicted octanol–water partition coefficient (Wildman–Crippen LogP) is 0.466. The van der Waals surface area contributed by atoms with Gasteiger partial charge in [0, 0.05) is 19.3 Å². The molecule has 0 saturated heterocycles. The first-order chi connectivity index (χ1) is 8.19. The molecule has 1 aromatic heterocycles. The van der Waals surface area contributed by atoms with Crippen molar-refractivity contribution in [2.45, 2.75) is 17.6 Å². The third kappa shape index (κ3) is 3.86. The number of hydrogen-bond donors (Lipinski definition) is 2. The monoisotopic (exact) mass is 313 g/mol. The van der Waals surface area contributed by atoms with Crippen molar-refractivity contribution < 1.29 is 13.5 Å². The molecule has 6 nitrogen and oxygen atoms in total. The first-order valence-electron chi connectivity index (χ1n) is 5.08. The number of aliphatic hydroxyl groups is 1. The fourth-order valence-corrected chi connectivity index (χ4v) is 3.92. The lowest BCUT2D eigenvalue weighted by atomic mass is 10.1. The molecule has 0 aliphatic rings. The van der Waals surface area contributed by atoms with Crippen LogP contribution >= 0.6 is 23.4 Å². The summed E-state index contributed by atoms with van der Waals surface area (Å²) < 4.78 is 27.5. The minimum absolute atomic E-state index is 0.0505. The van der Waals surface area contributed by atoms with E-state index in [9.17, 15) is 13.5 Å². The van der Waals surface area contributed by atoms with Gasteiger partial charge in [-0.25, -0.2) is 13.1 Å². The molecule has 0 fully saturated rings. The Labute approximate surface area is 116 Å². The van der Waals surface area contributed by atoms with E-state index in [2.05, 4.69) is 9.82 Å². The van der Waals surface area contributed by atoms with Gasteiger partial charge in [-0.1, -0.05) is 11.6 Å². The summed E-state index contributed by atoms with van der Waals surface area (Å²) in [4.78, 5) is 0. The highest BCUT2D eigenvalue weighted by atomic mass is 35.5. The Morgan fingerprint density at radius 2 is 2.28 bits per heavy atom. The van der Waals surface area contributed by atoms with Crippen molar-refractivity contribution in [2.24, 2.45) is 7.05 Å². The molecule has 0 amide bonds. The van der Waals surface area contributed by atoms with Gasteiger partial charge >= 0.3 is 0 Å². The summed E-state index contributed by atoms with van der Waals surface area (Å²) in [5.41, 5.74) is -1.11. The molecule has 0 spiro atoms. The van der Waals surface area contributed by atoms with Crippen LogP contribution in [-0.4, -0.2) is 47.5 Å². The Morgan fingerprint density at radius 1 is 1.67 bits per heavy atom. The fourth-order valence-electron chi connectivity index (χ4n) is 1.38. The summed E-state index contributed by atoms with van der Waals surface area (Å²) in [5, 5.41) is 13.6. The van der Waals surface area contributed by atoms with Crippen LogP contribution in [-0.2, 0) is 17.1 Å². The molecule has 0 aliphatic carbocycles. The van der Waals surface area contributed by atoms with Gasteiger partial charge in [-0.3, -0.25) is 4.68 Å². The molecule has 0 aromatic carbocycles. The van der Waals surface area contributed by atoms with E-state index < -0.39 is 15.6 Å². The number of hydrogen-bond acceptors (Lipinski definition) is 5. The third-order valence-electron chi connectivity index (χ3n) is 2.20. The zero-order chi connectivity index (χ0) is 14.0. The van der Waals surface area contributed by atoms with E-state index in [1.165, 1.54) is 29.7 Å². The van der Waals surface area contributed by atoms with E-state index in [-0.39, 0.29) is 16.6 Å². The maximum absolute atomic E-state index is 12.0. The molecule has 0 bridgehead atoms. The zero-order valence-electron chi connectivity index (χ0n) is 10.3. The van der Waals surface area contributed by atoms with Crippen molar-refractivity contribution in [3.63, 3.8) is 0 Å². The topological polar surface area (TPSA) is 84.2 Å². The zero-order valence-corrected chi connectivity index (χ0v) is 12.7.